The second-order valence-electron chi connectivity index (χ2n) is 9.56. The lowest BCUT2D eigenvalue weighted by atomic mass is 9.86. The minimum atomic E-state index is -1.12. The van der Waals surface area contributed by atoms with Crippen molar-refractivity contribution in [2.45, 2.75) is 73.0 Å². The van der Waals surface area contributed by atoms with E-state index < -0.39 is 17.7 Å². The van der Waals surface area contributed by atoms with Gasteiger partial charge in [-0.05, 0) is 89.6 Å². The van der Waals surface area contributed by atoms with Gasteiger partial charge in [-0.25, -0.2) is 9.78 Å². The SMILES string of the molecule is Cc1nc2sc(C)c(C)c2c(-c2ccc3c(c2C)CCCO3)c1[C@H](OC(C)(C)C)C(=O)O. The van der Waals surface area contributed by atoms with Gasteiger partial charge in [0.25, 0.3) is 0 Å². The number of benzene rings is 1. The Bertz CT molecular complexity index is 1220. The molecule has 0 saturated heterocycles. The van der Waals surface area contributed by atoms with E-state index >= 15 is 0 Å². The van der Waals surface area contributed by atoms with Crippen LogP contribution in [0.15, 0.2) is 12.1 Å². The van der Waals surface area contributed by atoms with Crippen molar-refractivity contribution in [2.24, 2.45) is 0 Å². The third-order valence-corrected chi connectivity index (χ3v) is 7.26. The summed E-state index contributed by atoms with van der Waals surface area (Å²) in [7, 11) is 0. The van der Waals surface area contributed by atoms with Gasteiger partial charge in [0.2, 0.25) is 0 Å². The summed E-state index contributed by atoms with van der Waals surface area (Å²) in [6, 6.07) is 4.09. The summed E-state index contributed by atoms with van der Waals surface area (Å²) in [4.78, 5) is 19.5. The van der Waals surface area contributed by atoms with Crippen molar-refractivity contribution >= 4 is 27.5 Å². The molecule has 2 aromatic heterocycles. The molecule has 0 unspecified atom stereocenters. The number of ether oxygens (including phenoxy) is 2. The average molecular weight is 454 g/mol. The molecule has 1 atom stereocenters. The Balaban J connectivity index is 2.11. The summed E-state index contributed by atoms with van der Waals surface area (Å²) in [5, 5.41) is 11.2. The fourth-order valence-corrected chi connectivity index (χ4v) is 5.66. The molecule has 32 heavy (non-hydrogen) atoms. The molecule has 0 radical (unpaired) electrons. The molecule has 4 rings (SSSR count). The Hall–Kier alpha value is -2.44. The summed E-state index contributed by atoms with van der Waals surface area (Å²) in [5.74, 6) is -0.0750. The number of hydrogen-bond acceptors (Lipinski definition) is 5. The van der Waals surface area contributed by atoms with Gasteiger partial charge in [-0.3, -0.25) is 0 Å². The molecule has 6 heteroatoms. The monoisotopic (exact) mass is 453 g/mol. The van der Waals surface area contributed by atoms with Gasteiger partial charge >= 0.3 is 5.97 Å². The molecule has 1 N–H and O–H groups in total. The number of thiophene rings is 1. The zero-order chi connectivity index (χ0) is 23.4. The van der Waals surface area contributed by atoms with Crippen molar-refractivity contribution in [3.8, 4) is 16.9 Å². The summed E-state index contributed by atoms with van der Waals surface area (Å²) in [6.45, 7) is 14.6. The van der Waals surface area contributed by atoms with Crippen molar-refractivity contribution in [1.82, 2.24) is 4.98 Å². The zero-order valence-electron chi connectivity index (χ0n) is 19.9. The molecular formula is C26H31NO4S. The number of hydrogen-bond donors (Lipinski definition) is 1. The number of carbonyl (C=O) groups is 1. The van der Waals surface area contributed by atoms with E-state index in [1.165, 1.54) is 10.4 Å². The Morgan fingerprint density at radius 3 is 2.56 bits per heavy atom. The Morgan fingerprint density at radius 2 is 1.91 bits per heavy atom. The molecule has 0 saturated carbocycles. The van der Waals surface area contributed by atoms with Gasteiger partial charge in [-0.1, -0.05) is 6.07 Å². The number of aromatic nitrogens is 1. The molecule has 1 aromatic carbocycles. The van der Waals surface area contributed by atoms with E-state index in [2.05, 4.69) is 26.8 Å². The number of rotatable bonds is 4. The summed E-state index contributed by atoms with van der Waals surface area (Å²) < 4.78 is 12.0. The predicted octanol–water partition coefficient (Wildman–Crippen LogP) is 6.46. The van der Waals surface area contributed by atoms with Gasteiger partial charge in [0.15, 0.2) is 6.10 Å². The second-order valence-corrected chi connectivity index (χ2v) is 10.8. The van der Waals surface area contributed by atoms with Crippen molar-refractivity contribution in [2.75, 3.05) is 6.61 Å². The lowest BCUT2D eigenvalue weighted by Gasteiger charge is -2.29. The minimum absolute atomic E-state index is 0.625. The quantitative estimate of drug-likeness (QED) is 0.491. The van der Waals surface area contributed by atoms with E-state index in [1.807, 2.05) is 33.8 Å². The topological polar surface area (TPSA) is 68.7 Å². The minimum Gasteiger partial charge on any atom is -0.493 e. The van der Waals surface area contributed by atoms with E-state index in [1.54, 1.807) is 11.3 Å². The first-order valence-corrected chi connectivity index (χ1v) is 11.9. The zero-order valence-corrected chi connectivity index (χ0v) is 20.7. The van der Waals surface area contributed by atoms with E-state index in [9.17, 15) is 9.90 Å². The summed E-state index contributed by atoms with van der Waals surface area (Å²) in [5.41, 5.74) is 6.15. The van der Waals surface area contributed by atoms with Crippen LogP contribution in [0, 0.1) is 27.7 Å². The highest BCUT2D eigenvalue weighted by Gasteiger charge is 2.34. The van der Waals surface area contributed by atoms with Crippen LogP contribution in [-0.4, -0.2) is 28.3 Å². The Kier molecular flexibility index (Phi) is 5.80. The highest BCUT2D eigenvalue weighted by Crippen LogP contribution is 2.46. The lowest BCUT2D eigenvalue weighted by molar-refractivity contribution is -0.160. The Labute approximate surface area is 193 Å². The smallest absolute Gasteiger partial charge is 0.337 e. The number of pyridine rings is 1. The van der Waals surface area contributed by atoms with Crippen LogP contribution >= 0.6 is 11.3 Å². The van der Waals surface area contributed by atoms with Crippen LogP contribution < -0.4 is 4.74 Å². The number of carboxylic acid groups (broad SMARTS) is 1. The molecule has 1 aliphatic rings. The maximum atomic E-state index is 12.5. The molecule has 0 bridgehead atoms. The fourth-order valence-electron chi connectivity index (χ4n) is 4.58. The van der Waals surface area contributed by atoms with Gasteiger partial charge in [0.05, 0.1) is 12.2 Å². The molecule has 0 aliphatic carbocycles. The van der Waals surface area contributed by atoms with Gasteiger partial charge < -0.3 is 14.6 Å². The van der Waals surface area contributed by atoms with E-state index in [4.69, 9.17) is 14.5 Å². The second kappa shape index (κ2) is 8.16. The lowest BCUT2D eigenvalue weighted by Crippen LogP contribution is -2.28. The molecule has 0 amide bonds. The standard InChI is InChI=1S/C26H31NO4S/c1-13-16(4)32-24-20(13)22(18-10-11-19-17(14(18)2)9-8-12-30-19)21(15(3)27-24)23(25(28)29)31-26(5,6)7/h10-11,23H,8-9,12H2,1-7H3,(H,28,29)/t23-/m0/s1. The van der Waals surface area contributed by atoms with Crippen LogP contribution in [0.1, 0.15) is 66.1 Å². The molecule has 3 aromatic rings. The maximum absolute atomic E-state index is 12.5. The van der Waals surface area contributed by atoms with Gasteiger partial charge in [-0.15, -0.1) is 11.3 Å². The van der Waals surface area contributed by atoms with E-state index in [-0.39, 0.29) is 0 Å². The predicted molar refractivity (Wildman–Crippen MR) is 129 cm³/mol. The number of carboxylic acids is 1. The fraction of sp³-hybridized carbons (Fsp3) is 0.462. The summed E-state index contributed by atoms with van der Waals surface area (Å²) >= 11 is 1.65. The first kappa shape index (κ1) is 22.7. The van der Waals surface area contributed by atoms with E-state index in [0.717, 1.165) is 57.7 Å². The maximum Gasteiger partial charge on any atom is 0.337 e. The molecule has 170 valence electrons. The van der Waals surface area contributed by atoms with Crippen LogP contribution in [-0.2, 0) is 16.0 Å². The van der Waals surface area contributed by atoms with Crippen LogP contribution in [0.3, 0.4) is 0 Å². The number of nitrogens with zero attached hydrogens (tertiary/aromatic N) is 1. The highest BCUT2D eigenvalue weighted by molar-refractivity contribution is 7.18. The molecule has 0 spiro atoms. The summed E-state index contributed by atoms with van der Waals surface area (Å²) in [6.07, 6.45) is 0.824. The largest absolute Gasteiger partial charge is 0.493 e. The molecule has 0 fully saturated rings. The van der Waals surface area contributed by atoms with Gasteiger partial charge in [0.1, 0.15) is 10.6 Å². The van der Waals surface area contributed by atoms with Crippen molar-refractivity contribution < 1.29 is 19.4 Å². The van der Waals surface area contributed by atoms with Crippen LogP contribution in [0.2, 0.25) is 0 Å². The third kappa shape index (κ3) is 3.90. The third-order valence-electron chi connectivity index (χ3n) is 6.16. The normalized spacial score (nSPS) is 14.8. The highest BCUT2D eigenvalue weighted by atomic mass is 32.1. The van der Waals surface area contributed by atoms with Crippen molar-refractivity contribution in [1.29, 1.82) is 0 Å². The van der Waals surface area contributed by atoms with Gasteiger partial charge in [-0.2, -0.15) is 0 Å². The van der Waals surface area contributed by atoms with Crippen molar-refractivity contribution in [3.63, 3.8) is 0 Å². The average Bonchev–Trinajstić information content (AvgIpc) is 2.99. The van der Waals surface area contributed by atoms with E-state index in [0.29, 0.717) is 11.3 Å². The number of aryl methyl sites for hydroxylation is 3. The number of aliphatic carboxylic acids is 1. The first-order valence-electron chi connectivity index (χ1n) is 11.1. The van der Waals surface area contributed by atoms with Crippen LogP contribution in [0.5, 0.6) is 5.75 Å². The molecule has 1 aliphatic heterocycles. The first-order chi connectivity index (χ1) is 15.0. The van der Waals surface area contributed by atoms with Crippen LogP contribution in [0.25, 0.3) is 21.3 Å². The van der Waals surface area contributed by atoms with Gasteiger partial charge in [0, 0.05) is 27.1 Å². The molecular weight excluding hydrogens is 422 g/mol. The number of fused-ring (bicyclic) bond motifs is 2. The van der Waals surface area contributed by atoms with Crippen molar-refractivity contribution in [3.05, 3.63) is 45.0 Å². The Morgan fingerprint density at radius 1 is 1.19 bits per heavy atom. The molecule has 5 nitrogen and oxygen atoms in total. The molecule has 3 heterocycles. The van der Waals surface area contributed by atoms with Crippen LogP contribution in [0.4, 0.5) is 0 Å².